The lowest BCUT2D eigenvalue weighted by molar-refractivity contribution is 0.00362. The topological polar surface area (TPSA) is 36.6 Å². The van der Waals surface area contributed by atoms with Crippen LogP contribution in [0.25, 0.3) is 11.0 Å². The molecule has 0 saturated heterocycles. The Hall–Kier alpha value is -1.32. The van der Waals surface area contributed by atoms with E-state index < -0.39 is 6.10 Å². The summed E-state index contributed by atoms with van der Waals surface area (Å²) >= 11 is 0. The van der Waals surface area contributed by atoms with E-state index in [1.807, 2.05) is 63.2 Å². The Kier molecular flexibility index (Phi) is 2.98. The van der Waals surface area contributed by atoms with E-state index in [1.54, 1.807) is 0 Å². The molecule has 1 heterocycles. The molecule has 0 spiro atoms. The number of aliphatic hydroxyl groups is 1. The zero-order valence-corrected chi connectivity index (χ0v) is 10.8. The average molecular weight is 233 g/mol. The number of aliphatic hydroxyl groups excluding tert-OH is 1. The maximum absolute atomic E-state index is 10.4. The van der Waals surface area contributed by atoms with Crippen LogP contribution in [0.15, 0.2) is 34.7 Å². The van der Waals surface area contributed by atoms with Gasteiger partial charge in [0.1, 0.15) is 17.4 Å². The Morgan fingerprint density at radius 2 is 1.88 bits per heavy atom. The van der Waals surface area contributed by atoms with Crippen LogP contribution in [0.1, 0.15) is 25.7 Å². The number of rotatable bonds is 3. The normalized spacial score (nSPS) is 14.5. The third kappa shape index (κ3) is 2.08. The molecule has 0 aliphatic rings. The minimum atomic E-state index is -0.648. The Morgan fingerprint density at radius 3 is 2.47 bits per heavy atom. The number of para-hydroxylation sites is 1. The molecule has 1 unspecified atom stereocenters. The van der Waals surface area contributed by atoms with Crippen LogP contribution < -0.4 is 0 Å². The van der Waals surface area contributed by atoms with E-state index in [9.17, 15) is 5.11 Å². The SMILES string of the molecule is CN(C)C(C)(C)C(O)c1cc2ccccc2o1. The van der Waals surface area contributed by atoms with Crippen molar-refractivity contribution in [2.75, 3.05) is 14.1 Å². The molecule has 92 valence electrons. The monoisotopic (exact) mass is 233 g/mol. The highest BCUT2D eigenvalue weighted by molar-refractivity contribution is 5.77. The number of furan rings is 1. The summed E-state index contributed by atoms with van der Waals surface area (Å²) in [6.07, 6.45) is -0.648. The zero-order chi connectivity index (χ0) is 12.6. The standard InChI is InChI=1S/C14H19NO2/c1-14(2,15(3)4)13(16)12-9-10-7-5-6-8-11(10)17-12/h5-9,13,16H,1-4H3. The molecule has 0 amide bonds. The second-order valence-corrected chi connectivity index (χ2v) is 5.14. The van der Waals surface area contributed by atoms with Crippen molar-refractivity contribution in [3.8, 4) is 0 Å². The van der Waals surface area contributed by atoms with Gasteiger partial charge in [0.2, 0.25) is 0 Å². The van der Waals surface area contributed by atoms with E-state index in [4.69, 9.17) is 4.42 Å². The maximum atomic E-state index is 10.4. The summed E-state index contributed by atoms with van der Waals surface area (Å²) < 4.78 is 5.69. The molecule has 3 heteroatoms. The maximum Gasteiger partial charge on any atom is 0.135 e. The predicted molar refractivity (Wildman–Crippen MR) is 68.9 cm³/mol. The van der Waals surface area contributed by atoms with Crippen LogP contribution in [0, 0.1) is 0 Å². The molecular weight excluding hydrogens is 214 g/mol. The van der Waals surface area contributed by atoms with E-state index in [-0.39, 0.29) is 5.54 Å². The van der Waals surface area contributed by atoms with Gasteiger partial charge in [-0.3, -0.25) is 0 Å². The summed E-state index contributed by atoms with van der Waals surface area (Å²) in [6.45, 7) is 3.98. The summed E-state index contributed by atoms with van der Waals surface area (Å²) in [5.41, 5.74) is 0.449. The fourth-order valence-electron chi connectivity index (χ4n) is 1.73. The molecule has 1 atom stereocenters. The molecule has 0 saturated carbocycles. The molecule has 1 N–H and O–H groups in total. The van der Waals surface area contributed by atoms with Crippen LogP contribution in [-0.4, -0.2) is 29.6 Å². The van der Waals surface area contributed by atoms with Gasteiger partial charge in [-0.15, -0.1) is 0 Å². The Labute approximate surface area is 102 Å². The molecule has 0 radical (unpaired) electrons. The number of nitrogens with zero attached hydrogens (tertiary/aromatic N) is 1. The minimum Gasteiger partial charge on any atom is -0.458 e. The summed E-state index contributed by atoms with van der Waals surface area (Å²) in [4.78, 5) is 1.99. The van der Waals surface area contributed by atoms with Gasteiger partial charge in [0.15, 0.2) is 0 Å². The minimum absolute atomic E-state index is 0.367. The van der Waals surface area contributed by atoms with Crippen molar-refractivity contribution >= 4 is 11.0 Å². The van der Waals surface area contributed by atoms with E-state index in [1.165, 1.54) is 0 Å². The highest BCUT2D eigenvalue weighted by Crippen LogP contribution is 2.32. The fourth-order valence-corrected chi connectivity index (χ4v) is 1.73. The van der Waals surface area contributed by atoms with Crippen molar-refractivity contribution in [1.82, 2.24) is 4.90 Å². The largest absolute Gasteiger partial charge is 0.458 e. The van der Waals surface area contributed by atoms with Gasteiger partial charge in [0.25, 0.3) is 0 Å². The summed E-state index contributed by atoms with van der Waals surface area (Å²) in [7, 11) is 3.90. The van der Waals surface area contributed by atoms with E-state index >= 15 is 0 Å². The van der Waals surface area contributed by atoms with E-state index in [0.29, 0.717) is 5.76 Å². The Balaban J connectivity index is 2.40. The molecule has 0 fully saturated rings. The number of fused-ring (bicyclic) bond motifs is 1. The third-order valence-electron chi connectivity index (χ3n) is 3.54. The summed E-state index contributed by atoms with van der Waals surface area (Å²) in [6, 6.07) is 9.70. The molecule has 0 aliphatic heterocycles. The van der Waals surface area contributed by atoms with Gasteiger partial charge in [-0.2, -0.15) is 0 Å². The zero-order valence-electron chi connectivity index (χ0n) is 10.8. The number of hydrogen-bond acceptors (Lipinski definition) is 3. The lowest BCUT2D eigenvalue weighted by Gasteiger charge is -2.35. The molecule has 17 heavy (non-hydrogen) atoms. The first-order chi connectivity index (χ1) is 7.93. The second kappa shape index (κ2) is 4.17. The number of hydrogen-bond donors (Lipinski definition) is 1. The van der Waals surface area contributed by atoms with E-state index in [0.717, 1.165) is 11.0 Å². The number of benzene rings is 1. The quantitative estimate of drug-likeness (QED) is 0.885. The molecule has 3 nitrogen and oxygen atoms in total. The molecule has 0 aliphatic carbocycles. The first kappa shape index (κ1) is 12.1. The van der Waals surface area contributed by atoms with Gasteiger partial charge in [0.05, 0.1) is 0 Å². The summed E-state index contributed by atoms with van der Waals surface area (Å²) in [5.74, 6) is 0.616. The first-order valence-corrected chi connectivity index (χ1v) is 5.77. The molecule has 0 bridgehead atoms. The second-order valence-electron chi connectivity index (χ2n) is 5.14. The van der Waals surface area contributed by atoms with Gasteiger partial charge < -0.3 is 14.4 Å². The Bertz CT molecular complexity index is 481. The van der Waals surface area contributed by atoms with Crippen molar-refractivity contribution < 1.29 is 9.52 Å². The van der Waals surface area contributed by atoms with Crippen molar-refractivity contribution in [2.45, 2.75) is 25.5 Å². The molecule has 1 aromatic carbocycles. The predicted octanol–water partition coefficient (Wildman–Crippen LogP) is 2.81. The number of likely N-dealkylation sites (N-methyl/N-ethyl adjacent to an activating group) is 1. The first-order valence-electron chi connectivity index (χ1n) is 5.77. The molecule has 2 rings (SSSR count). The van der Waals surface area contributed by atoms with Crippen LogP contribution in [0.3, 0.4) is 0 Å². The fraction of sp³-hybridized carbons (Fsp3) is 0.429. The third-order valence-corrected chi connectivity index (χ3v) is 3.54. The Morgan fingerprint density at radius 1 is 1.24 bits per heavy atom. The lowest BCUT2D eigenvalue weighted by Crippen LogP contribution is -2.43. The average Bonchev–Trinajstić information content (AvgIpc) is 2.70. The van der Waals surface area contributed by atoms with Crippen LogP contribution >= 0.6 is 0 Å². The molecule has 1 aromatic heterocycles. The van der Waals surface area contributed by atoms with Crippen molar-refractivity contribution in [1.29, 1.82) is 0 Å². The van der Waals surface area contributed by atoms with Crippen LogP contribution in [-0.2, 0) is 0 Å². The van der Waals surface area contributed by atoms with Crippen molar-refractivity contribution in [2.24, 2.45) is 0 Å². The molecule has 2 aromatic rings. The highest BCUT2D eigenvalue weighted by atomic mass is 16.4. The molecular formula is C14H19NO2. The van der Waals surface area contributed by atoms with Crippen molar-refractivity contribution in [3.05, 3.63) is 36.1 Å². The van der Waals surface area contributed by atoms with Gasteiger partial charge in [-0.05, 0) is 40.1 Å². The van der Waals surface area contributed by atoms with Crippen molar-refractivity contribution in [3.63, 3.8) is 0 Å². The smallest absolute Gasteiger partial charge is 0.135 e. The highest BCUT2D eigenvalue weighted by Gasteiger charge is 2.33. The van der Waals surface area contributed by atoms with Gasteiger partial charge in [-0.25, -0.2) is 0 Å². The van der Waals surface area contributed by atoms with Crippen LogP contribution in [0.5, 0.6) is 0 Å². The lowest BCUT2D eigenvalue weighted by atomic mass is 9.94. The van der Waals surface area contributed by atoms with Gasteiger partial charge in [0, 0.05) is 10.9 Å². The van der Waals surface area contributed by atoms with Gasteiger partial charge >= 0.3 is 0 Å². The van der Waals surface area contributed by atoms with Crippen LogP contribution in [0.2, 0.25) is 0 Å². The van der Waals surface area contributed by atoms with Crippen LogP contribution in [0.4, 0.5) is 0 Å². The van der Waals surface area contributed by atoms with Gasteiger partial charge in [-0.1, -0.05) is 18.2 Å². The summed E-state index contributed by atoms with van der Waals surface area (Å²) in [5, 5.41) is 11.4. The van der Waals surface area contributed by atoms with E-state index in [2.05, 4.69) is 0 Å².